The lowest BCUT2D eigenvalue weighted by molar-refractivity contribution is 0.0690. The third-order valence-electron chi connectivity index (χ3n) is 2.91. The molecule has 0 aliphatic heterocycles. The average molecular weight is 243 g/mol. The number of carboxylic acid groups (broad SMARTS) is 1. The van der Waals surface area contributed by atoms with E-state index in [9.17, 15) is 9.59 Å². The van der Waals surface area contributed by atoms with E-state index < -0.39 is 11.5 Å². The zero-order valence-corrected chi connectivity index (χ0v) is 9.47. The molecule has 2 aromatic heterocycles. The zero-order valence-electron chi connectivity index (χ0n) is 9.47. The Morgan fingerprint density at radius 1 is 1.39 bits per heavy atom. The highest BCUT2D eigenvalue weighted by molar-refractivity contribution is 5.89. The number of carboxylic acids is 1. The predicted octanol–water partition coefficient (Wildman–Crippen LogP) is 1.18. The van der Waals surface area contributed by atoms with Gasteiger partial charge in [0.25, 0.3) is 5.56 Å². The number of para-hydroxylation sites is 2. The van der Waals surface area contributed by atoms with Gasteiger partial charge in [-0.1, -0.05) is 12.1 Å². The summed E-state index contributed by atoms with van der Waals surface area (Å²) in [6, 6.07) is 7.18. The number of nitrogens with one attached hydrogen (secondary N) is 1. The first-order valence-corrected chi connectivity index (χ1v) is 5.33. The molecule has 0 atom stereocenters. The van der Waals surface area contributed by atoms with Crippen LogP contribution in [0.5, 0.6) is 0 Å². The predicted molar refractivity (Wildman–Crippen MR) is 65.0 cm³/mol. The molecular weight excluding hydrogens is 234 g/mol. The van der Waals surface area contributed by atoms with E-state index in [2.05, 4.69) is 9.97 Å². The maximum Gasteiger partial charge on any atom is 0.356 e. The number of nitrogens with zero attached hydrogens (tertiary/aromatic N) is 2. The molecule has 0 saturated carbocycles. The van der Waals surface area contributed by atoms with E-state index in [-0.39, 0.29) is 11.3 Å². The van der Waals surface area contributed by atoms with Gasteiger partial charge in [-0.2, -0.15) is 0 Å². The maximum absolute atomic E-state index is 11.8. The van der Waals surface area contributed by atoms with Crippen LogP contribution in [0.25, 0.3) is 16.7 Å². The second kappa shape index (κ2) is 3.43. The smallest absolute Gasteiger partial charge is 0.356 e. The van der Waals surface area contributed by atoms with E-state index in [4.69, 9.17) is 5.11 Å². The van der Waals surface area contributed by atoms with Crippen molar-refractivity contribution in [2.45, 2.75) is 6.92 Å². The van der Waals surface area contributed by atoms with Gasteiger partial charge in [0.05, 0.1) is 16.7 Å². The minimum absolute atomic E-state index is 0.100. The summed E-state index contributed by atoms with van der Waals surface area (Å²) >= 11 is 0. The zero-order chi connectivity index (χ0) is 12.9. The Morgan fingerprint density at radius 2 is 2.11 bits per heavy atom. The van der Waals surface area contributed by atoms with Crippen LogP contribution in [0.4, 0.5) is 0 Å². The highest BCUT2D eigenvalue weighted by Gasteiger charge is 2.18. The number of hydrogen-bond acceptors (Lipinski definition) is 3. The summed E-state index contributed by atoms with van der Waals surface area (Å²) in [6.07, 6.45) is 0. The molecule has 0 bridgehead atoms. The number of aryl methyl sites for hydroxylation is 1. The first-order valence-electron chi connectivity index (χ1n) is 5.33. The number of benzene rings is 1. The molecule has 1 aromatic carbocycles. The number of aromatic nitrogens is 3. The van der Waals surface area contributed by atoms with Crippen molar-refractivity contribution in [1.29, 1.82) is 0 Å². The Kier molecular flexibility index (Phi) is 2.00. The van der Waals surface area contributed by atoms with Crippen molar-refractivity contribution in [1.82, 2.24) is 14.4 Å². The van der Waals surface area contributed by atoms with Gasteiger partial charge in [-0.3, -0.25) is 9.20 Å². The molecule has 3 rings (SSSR count). The molecule has 0 spiro atoms. The number of imidazole rings is 1. The third kappa shape index (κ3) is 1.26. The van der Waals surface area contributed by atoms with Crippen molar-refractivity contribution in [3.05, 3.63) is 46.0 Å². The molecule has 0 amide bonds. The Bertz CT molecular complexity index is 845. The van der Waals surface area contributed by atoms with Crippen LogP contribution in [0.1, 0.15) is 16.2 Å². The van der Waals surface area contributed by atoms with E-state index in [1.54, 1.807) is 29.5 Å². The van der Waals surface area contributed by atoms with Crippen molar-refractivity contribution >= 4 is 22.6 Å². The first-order chi connectivity index (χ1) is 8.59. The van der Waals surface area contributed by atoms with Gasteiger partial charge >= 0.3 is 5.97 Å². The summed E-state index contributed by atoms with van der Waals surface area (Å²) in [4.78, 5) is 29.5. The molecule has 2 N–H and O–H groups in total. The standard InChI is InChI=1S/C12H9N3O3/c1-6-9(12(17)18)14-10-11(16)13-7-4-2-3-5-8(7)15(6)10/h2-5H,1H3,(H,13,16)(H,17,18). The molecule has 0 aliphatic carbocycles. The molecule has 0 unspecified atom stereocenters. The van der Waals surface area contributed by atoms with Crippen LogP contribution in [-0.2, 0) is 0 Å². The lowest BCUT2D eigenvalue weighted by Crippen LogP contribution is -2.11. The molecular formula is C12H9N3O3. The minimum Gasteiger partial charge on any atom is -0.476 e. The Balaban J connectivity index is 2.63. The highest BCUT2D eigenvalue weighted by atomic mass is 16.4. The van der Waals surface area contributed by atoms with Crippen LogP contribution in [0.2, 0.25) is 0 Å². The van der Waals surface area contributed by atoms with Crippen molar-refractivity contribution < 1.29 is 9.90 Å². The topological polar surface area (TPSA) is 87.5 Å². The van der Waals surface area contributed by atoms with Gasteiger partial charge in [0.1, 0.15) is 0 Å². The number of aromatic carboxylic acids is 1. The third-order valence-corrected chi connectivity index (χ3v) is 2.91. The fourth-order valence-electron chi connectivity index (χ4n) is 2.10. The van der Waals surface area contributed by atoms with E-state index in [0.29, 0.717) is 11.2 Å². The lowest BCUT2D eigenvalue weighted by atomic mass is 10.3. The fourth-order valence-corrected chi connectivity index (χ4v) is 2.10. The number of aromatic amines is 1. The number of rotatable bonds is 1. The number of carbonyl (C=O) groups is 1. The number of hydrogen-bond donors (Lipinski definition) is 2. The molecule has 18 heavy (non-hydrogen) atoms. The van der Waals surface area contributed by atoms with Crippen LogP contribution < -0.4 is 5.56 Å². The summed E-state index contributed by atoms with van der Waals surface area (Å²) < 4.78 is 1.57. The maximum atomic E-state index is 11.8. The van der Waals surface area contributed by atoms with Gasteiger partial charge < -0.3 is 10.1 Å². The lowest BCUT2D eigenvalue weighted by Gasteiger charge is -2.02. The van der Waals surface area contributed by atoms with Gasteiger partial charge in [0.2, 0.25) is 5.65 Å². The second-order valence-electron chi connectivity index (χ2n) is 3.98. The van der Waals surface area contributed by atoms with Crippen molar-refractivity contribution in [3.63, 3.8) is 0 Å². The highest BCUT2D eigenvalue weighted by Crippen LogP contribution is 2.16. The fraction of sp³-hybridized carbons (Fsp3) is 0.0833. The van der Waals surface area contributed by atoms with Crippen LogP contribution >= 0.6 is 0 Å². The molecule has 0 radical (unpaired) electrons. The largest absolute Gasteiger partial charge is 0.476 e. The first kappa shape index (κ1) is 10.5. The average Bonchev–Trinajstić information content (AvgIpc) is 2.69. The summed E-state index contributed by atoms with van der Waals surface area (Å²) in [5.74, 6) is -1.14. The van der Waals surface area contributed by atoms with Crippen LogP contribution in [-0.4, -0.2) is 25.4 Å². The summed E-state index contributed by atoms with van der Waals surface area (Å²) in [6.45, 7) is 1.63. The summed E-state index contributed by atoms with van der Waals surface area (Å²) in [5, 5.41) is 9.04. The van der Waals surface area contributed by atoms with Crippen molar-refractivity contribution in [3.8, 4) is 0 Å². The number of fused-ring (bicyclic) bond motifs is 3. The molecule has 6 nitrogen and oxygen atoms in total. The van der Waals surface area contributed by atoms with E-state index in [1.165, 1.54) is 0 Å². The van der Waals surface area contributed by atoms with E-state index >= 15 is 0 Å². The van der Waals surface area contributed by atoms with Gasteiger partial charge in [-0.25, -0.2) is 9.78 Å². The van der Waals surface area contributed by atoms with E-state index in [0.717, 1.165) is 5.52 Å². The normalized spacial score (nSPS) is 11.2. The Morgan fingerprint density at radius 3 is 2.83 bits per heavy atom. The summed E-state index contributed by atoms with van der Waals surface area (Å²) in [5.41, 5.74) is 1.42. The SMILES string of the molecule is Cc1c(C(=O)O)nc2c(=O)[nH]c3ccccc3n12. The Hall–Kier alpha value is -2.63. The van der Waals surface area contributed by atoms with Gasteiger partial charge in [0, 0.05) is 0 Å². The van der Waals surface area contributed by atoms with Gasteiger partial charge in [-0.15, -0.1) is 0 Å². The quantitative estimate of drug-likeness (QED) is 0.671. The van der Waals surface area contributed by atoms with Gasteiger partial charge in [0.15, 0.2) is 5.69 Å². The molecule has 2 heterocycles. The van der Waals surface area contributed by atoms with E-state index in [1.807, 2.05) is 6.07 Å². The number of H-pyrrole nitrogens is 1. The van der Waals surface area contributed by atoms with Crippen LogP contribution in [0.3, 0.4) is 0 Å². The molecule has 0 saturated heterocycles. The van der Waals surface area contributed by atoms with Crippen molar-refractivity contribution in [2.24, 2.45) is 0 Å². The van der Waals surface area contributed by atoms with Crippen LogP contribution in [0, 0.1) is 6.92 Å². The van der Waals surface area contributed by atoms with Gasteiger partial charge in [-0.05, 0) is 19.1 Å². The minimum atomic E-state index is -1.14. The molecule has 3 aromatic rings. The van der Waals surface area contributed by atoms with Crippen molar-refractivity contribution in [2.75, 3.05) is 0 Å². The summed E-state index contributed by atoms with van der Waals surface area (Å²) in [7, 11) is 0. The second-order valence-corrected chi connectivity index (χ2v) is 3.98. The monoisotopic (exact) mass is 243 g/mol. The molecule has 0 aliphatic rings. The van der Waals surface area contributed by atoms with Crippen LogP contribution in [0.15, 0.2) is 29.1 Å². The Labute approximate surface area is 101 Å². The molecule has 0 fully saturated rings. The molecule has 90 valence electrons. The molecule has 6 heteroatoms.